The van der Waals surface area contributed by atoms with Crippen LogP contribution in [0.2, 0.25) is 0 Å². The molecule has 0 aliphatic carbocycles. The van der Waals surface area contributed by atoms with Crippen molar-refractivity contribution in [3.8, 4) is 0 Å². The van der Waals surface area contributed by atoms with Crippen molar-refractivity contribution in [3.63, 3.8) is 0 Å². The van der Waals surface area contributed by atoms with E-state index >= 15 is 0 Å². The summed E-state index contributed by atoms with van der Waals surface area (Å²) in [7, 11) is 0. The summed E-state index contributed by atoms with van der Waals surface area (Å²) in [5.41, 5.74) is 5.69. The Morgan fingerprint density at radius 1 is 1.50 bits per heavy atom. The van der Waals surface area contributed by atoms with Crippen LogP contribution < -0.4 is 5.73 Å². The van der Waals surface area contributed by atoms with Gasteiger partial charge in [-0.2, -0.15) is 0 Å². The van der Waals surface area contributed by atoms with Gasteiger partial charge in [0.05, 0.1) is 25.1 Å². The summed E-state index contributed by atoms with van der Waals surface area (Å²) in [6, 6.07) is 0.299. The molecule has 0 saturated carbocycles. The molecule has 1 aliphatic rings. The molecule has 1 rings (SSSR count). The SMILES string of the molecule is CCC(N)=NC(C)CN1CCOCC1. The Morgan fingerprint density at radius 3 is 2.71 bits per heavy atom. The highest BCUT2D eigenvalue weighted by Gasteiger charge is 2.12. The monoisotopic (exact) mass is 199 g/mol. The van der Waals surface area contributed by atoms with E-state index in [1.165, 1.54) is 0 Å². The zero-order chi connectivity index (χ0) is 10.4. The maximum absolute atomic E-state index is 5.69. The lowest BCUT2D eigenvalue weighted by Crippen LogP contribution is -2.40. The molecule has 0 radical (unpaired) electrons. The van der Waals surface area contributed by atoms with Gasteiger partial charge in [-0.25, -0.2) is 0 Å². The summed E-state index contributed by atoms with van der Waals surface area (Å²) in [5, 5.41) is 0. The van der Waals surface area contributed by atoms with Gasteiger partial charge in [0.1, 0.15) is 0 Å². The van der Waals surface area contributed by atoms with E-state index in [1.54, 1.807) is 0 Å². The summed E-state index contributed by atoms with van der Waals surface area (Å²) in [4.78, 5) is 6.78. The van der Waals surface area contributed by atoms with Crippen LogP contribution in [-0.4, -0.2) is 49.6 Å². The van der Waals surface area contributed by atoms with Crippen molar-refractivity contribution in [1.82, 2.24) is 4.90 Å². The van der Waals surface area contributed by atoms with Crippen LogP contribution in [-0.2, 0) is 4.74 Å². The van der Waals surface area contributed by atoms with Crippen LogP contribution in [0.4, 0.5) is 0 Å². The predicted molar refractivity (Wildman–Crippen MR) is 58.6 cm³/mol. The van der Waals surface area contributed by atoms with Crippen molar-refractivity contribution in [3.05, 3.63) is 0 Å². The van der Waals surface area contributed by atoms with Crippen LogP contribution in [0.5, 0.6) is 0 Å². The zero-order valence-electron chi connectivity index (χ0n) is 9.20. The molecular weight excluding hydrogens is 178 g/mol. The van der Waals surface area contributed by atoms with Gasteiger partial charge in [-0.1, -0.05) is 6.92 Å². The molecule has 4 heteroatoms. The van der Waals surface area contributed by atoms with Crippen LogP contribution in [0.3, 0.4) is 0 Å². The lowest BCUT2D eigenvalue weighted by atomic mass is 10.3. The number of morpholine rings is 1. The predicted octanol–water partition coefficient (Wildman–Crippen LogP) is 0.474. The van der Waals surface area contributed by atoms with E-state index < -0.39 is 0 Å². The first-order valence-electron chi connectivity index (χ1n) is 5.34. The Balaban J connectivity index is 2.28. The van der Waals surface area contributed by atoms with E-state index in [2.05, 4.69) is 16.8 Å². The van der Waals surface area contributed by atoms with Gasteiger partial charge in [0.25, 0.3) is 0 Å². The van der Waals surface area contributed by atoms with Gasteiger partial charge in [0.2, 0.25) is 0 Å². The Morgan fingerprint density at radius 2 is 2.14 bits per heavy atom. The van der Waals surface area contributed by atoms with E-state index in [4.69, 9.17) is 10.5 Å². The number of amidine groups is 1. The van der Waals surface area contributed by atoms with Gasteiger partial charge in [-0.15, -0.1) is 0 Å². The van der Waals surface area contributed by atoms with Crippen molar-refractivity contribution in [2.45, 2.75) is 26.3 Å². The summed E-state index contributed by atoms with van der Waals surface area (Å²) < 4.78 is 5.28. The molecule has 1 aliphatic heterocycles. The first kappa shape index (κ1) is 11.5. The molecule has 0 aromatic carbocycles. The number of nitrogens with two attached hydrogens (primary N) is 1. The normalized spacial score (nSPS) is 22.3. The highest BCUT2D eigenvalue weighted by molar-refractivity contribution is 5.80. The highest BCUT2D eigenvalue weighted by atomic mass is 16.5. The topological polar surface area (TPSA) is 50.8 Å². The molecule has 0 amide bonds. The minimum atomic E-state index is 0.299. The third kappa shape index (κ3) is 4.07. The molecular formula is C10H21N3O. The standard InChI is InChI=1S/C10H21N3O/c1-3-10(11)12-9(2)8-13-4-6-14-7-5-13/h9H,3-8H2,1-2H3,(H2,11,12). The molecule has 1 saturated heterocycles. The second kappa shape index (κ2) is 5.98. The van der Waals surface area contributed by atoms with Crippen molar-refractivity contribution in [2.24, 2.45) is 10.7 Å². The van der Waals surface area contributed by atoms with Crippen LogP contribution in [0, 0.1) is 0 Å². The number of hydrogen-bond acceptors (Lipinski definition) is 3. The smallest absolute Gasteiger partial charge is 0.0938 e. The molecule has 0 aromatic heterocycles. The first-order valence-corrected chi connectivity index (χ1v) is 5.34. The van der Waals surface area contributed by atoms with E-state index in [9.17, 15) is 0 Å². The fourth-order valence-electron chi connectivity index (χ4n) is 1.57. The maximum atomic E-state index is 5.69. The van der Waals surface area contributed by atoms with Crippen molar-refractivity contribution >= 4 is 5.84 Å². The van der Waals surface area contributed by atoms with E-state index in [-0.39, 0.29) is 0 Å². The highest BCUT2D eigenvalue weighted by Crippen LogP contribution is 2.01. The molecule has 4 nitrogen and oxygen atoms in total. The number of nitrogens with zero attached hydrogens (tertiary/aromatic N) is 2. The number of ether oxygens (including phenoxy) is 1. The molecule has 2 N–H and O–H groups in total. The lowest BCUT2D eigenvalue weighted by molar-refractivity contribution is 0.0361. The molecule has 0 bridgehead atoms. The Hall–Kier alpha value is -0.610. The third-order valence-corrected chi connectivity index (χ3v) is 2.37. The van der Waals surface area contributed by atoms with Crippen LogP contribution >= 0.6 is 0 Å². The molecule has 14 heavy (non-hydrogen) atoms. The van der Waals surface area contributed by atoms with Crippen molar-refractivity contribution < 1.29 is 4.74 Å². The minimum Gasteiger partial charge on any atom is -0.387 e. The van der Waals surface area contributed by atoms with Crippen LogP contribution in [0.15, 0.2) is 4.99 Å². The zero-order valence-corrected chi connectivity index (χ0v) is 9.20. The summed E-state index contributed by atoms with van der Waals surface area (Å²) >= 11 is 0. The van der Waals surface area contributed by atoms with Crippen LogP contribution in [0.1, 0.15) is 20.3 Å². The minimum absolute atomic E-state index is 0.299. The molecule has 1 heterocycles. The largest absolute Gasteiger partial charge is 0.387 e. The molecule has 0 aromatic rings. The fraction of sp³-hybridized carbons (Fsp3) is 0.900. The van der Waals surface area contributed by atoms with E-state index in [0.29, 0.717) is 6.04 Å². The molecule has 82 valence electrons. The summed E-state index contributed by atoms with van der Waals surface area (Å²) in [6.45, 7) is 8.86. The van der Waals surface area contributed by atoms with Gasteiger partial charge >= 0.3 is 0 Å². The van der Waals surface area contributed by atoms with E-state index in [0.717, 1.165) is 45.1 Å². The van der Waals surface area contributed by atoms with Gasteiger partial charge in [0, 0.05) is 26.1 Å². The van der Waals surface area contributed by atoms with Gasteiger partial charge in [-0.05, 0) is 6.92 Å². The molecule has 1 atom stereocenters. The molecule has 1 fully saturated rings. The Labute approximate surface area is 86.1 Å². The molecule has 1 unspecified atom stereocenters. The van der Waals surface area contributed by atoms with Gasteiger partial charge in [0.15, 0.2) is 0 Å². The average molecular weight is 199 g/mol. The van der Waals surface area contributed by atoms with Crippen molar-refractivity contribution in [2.75, 3.05) is 32.8 Å². The summed E-state index contributed by atoms with van der Waals surface area (Å²) in [6.07, 6.45) is 0.841. The molecule has 0 spiro atoms. The van der Waals surface area contributed by atoms with Gasteiger partial charge < -0.3 is 10.5 Å². The lowest BCUT2D eigenvalue weighted by Gasteiger charge is -2.27. The van der Waals surface area contributed by atoms with Crippen molar-refractivity contribution in [1.29, 1.82) is 0 Å². The second-order valence-corrected chi connectivity index (χ2v) is 3.74. The average Bonchev–Trinajstić information content (AvgIpc) is 2.19. The van der Waals surface area contributed by atoms with Crippen LogP contribution in [0.25, 0.3) is 0 Å². The summed E-state index contributed by atoms with van der Waals surface area (Å²) in [5.74, 6) is 0.755. The number of aliphatic imine (C=N–C) groups is 1. The first-order chi connectivity index (χ1) is 6.72. The van der Waals surface area contributed by atoms with Gasteiger partial charge in [-0.3, -0.25) is 9.89 Å². The Bertz CT molecular complexity index is 188. The number of rotatable bonds is 4. The fourth-order valence-corrected chi connectivity index (χ4v) is 1.57. The van der Waals surface area contributed by atoms with E-state index in [1.807, 2.05) is 6.92 Å². The second-order valence-electron chi connectivity index (χ2n) is 3.74. The maximum Gasteiger partial charge on any atom is 0.0938 e. The quantitative estimate of drug-likeness (QED) is 0.529. The Kier molecular flexibility index (Phi) is 4.90. The third-order valence-electron chi connectivity index (χ3n) is 2.37. The number of hydrogen-bond donors (Lipinski definition) is 1.